The lowest BCUT2D eigenvalue weighted by molar-refractivity contribution is -0.131. The maximum absolute atomic E-state index is 12.0. The van der Waals surface area contributed by atoms with E-state index in [1.54, 1.807) is 20.3 Å². The van der Waals surface area contributed by atoms with E-state index in [1.807, 2.05) is 35.9 Å². The Morgan fingerprint density at radius 3 is 2.63 bits per heavy atom. The van der Waals surface area contributed by atoms with Crippen LogP contribution in [0.15, 0.2) is 30.5 Å². The van der Waals surface area contributed by atoms with Crippen molar-refractivity contribution < 1.29 is 14.3 Å². The van der Waals surface area contributed by atoms with E-state index in [4.69, 9.17) is 4.74 Å². The van der Waals surface area contributed by atoms with Gasteiger partial charge in [0.2, 0.25) is 0 Å². The van der Waals surface area contributed by atoms with E-state index in [0.29, 0.717) is 5.56 Å². The number of hydrogen-bond donors (Lipinski definition) is 0. The number of benzene rings is 1. The molecule has 1 heterocycles. The van der Waals surface area contributed by atoms with Crippen LogP contribution < -0.4 is 0 Å². The van der Waals surface area contributed by atoms with Gasteiger partial charge in [-0.3, -0.25) is 4.79 Å². The smallest absolute Gasteiger partial charge is 0.340 e. The highest BCUT2D eigenvalue weighted by Gasteiger charge is 2.16. The van der Waals surface area contributed by atoms with Crippen LogP contribution in [-0.2, 0) is 16.6 Å². The van der Waals surface area contributed by atoms with E-state index in [-0.39, 0.29) is 12.5 Å². The SMILES string of the molecule is CN(C)C(=O)COC(=O)c1cn(C)c2ccccc12. The molecule has 5 nitrogen and oxygen atoms in total. The van der Waals surface area contributed by atoms with Gasteiger partial charge in [0.05, 0.1) is 5.56 Å². The van der Waals surface area contributed by atoms with E-state index in [9.17, 15) is 9.59 Å². The Labute approximate surface area is 111 Å². The molecule has 0 aliphatic rings. The van der Waals surface area contributed by atoms with Crippen molar-refractivity contribution in [3.8, 4) is 0 Å². The fourth-order valence-corrected chi connectivity index (χ4v) is 1.84. The lowest BCUT2D eigenvalue weighted by atomic mass is 10.2. The normalized spacial score (nSPS) is 10.5. The van der Waals surface area contributed by atoms with Crippen molar-refractivity contribution in [2.24, 2.45) is 7.05 Å². The van der Waals surface area contributed by atoms with E-state index < -0.39 is 5.97 Å². The third kappa shape index (κ3) is 2.59. The third-order valence-electron chi connectivity index (χ3n) is 2.94. The predicted molar refractivity (Wildman–Crippen MR) is 71.9 cm³/mol. The molecular weight excluding hydrogens is 244 g/mol. The largest absolute Gasteiger partial charge is 0.452 e. The topological polar surface area (TPSA) is 51.5 Å². The number of carbonyl (C=O) groups excluding carboxylic acids is 2. The molecule has 1 amide bonds. The van der Waals surface area contributed by atoms with Crippen LogP contribution in [0.5, 0.6) is 0 Å². The number of likely N-dealkylation sites (N-methyl/N-ethyl adjacent to an activating group) is 1. The van der Waals surface area contributed by atoms with Crippen LogP contribution in [-0.4, -0.2) is 42.0 Å². The molecule has 19 heavy (non-hydrogen) atoms. The van der Waals surface area contributed by atoms with Gasteiger partial charge in [-0.25, -0.2) is 4.79 Å². The predicted octanol–water partition coefficient (Wildman–Crippen LogP) is 1.42. The number of carbonyl (C=O) groups is 2. The van der Waals surface area contributed by atoms with E-state index in [1.165, 1.54) is 4.90 Å². The van der Waals surface area contributed by atoms with Crippen LogP contribution >= 0.6 is 0 Å². The van der Waals surface area contributed by atoms with Gasteiger partial charge >= 0.3 is 5.97 Å². The number of hydrogen-bond acceptors (Lipinski definition) is 3. The molecule has 0 saturated carbocycles. The minimum absolute atomic E-state index is 0.241. The molecule has 0 aliphatic carbocycles. The first-order valence-corrected chi connectivity index (χ1v) is 5.92. The minimum Gasteiger partial charge on any atom is -0.452 e. The summed E-state index contributed by atoms with van der Waals surface area (Å²) in [6.45, 7) is -0.241. The van der Waals surface area contributed by atoms with Gasteiger partial charge in [-0.1, -0.05) is 18.2 Å². The van der Waals surface area contributed by atoms with Crippen molar-refractivity contribution >= 4 is 22.8 Å². The summed E-state index contributed by atoms with van der Waals surface area (Å²) in [5.74, 6) is -0.722. The number of fused-ring (bicyclic) bond motifs is 1. The molecule has 0 N–H and O–H groups in total. The third-order valence-corrected chi connectivity index (χ3v) is 2.94. The van der Waals surface area contributed by atoms with Crippen molar-refractivity contribution in [1.29, 1.82) is 0 Å². The maximum Gasteiger partial charge on any atom is 0.340 e. The van der Waals surface area contributed by atoms with E-state index in [0.717, 1.165) is 10.9 Å². The Morgan fingerprint density at radius 2 is 1.95 bits per heavy atom. The van der Waals surface area contributed by atoms with Crippen molar-refractivity contribution in [3.05, 3.63) is 36.0 Å². The van der Waals surface area contributed by atoms with Gasteiger partial charge in [0.15, 0.2) is 6.61 Å². The first-order chi connectivity index (χ1) is 9.00. The molecule has 1 aromatic heterocycles. The van der Waals surface area contributed by atoms with Crippen LogP contribution in [0.1, 0.15) is 10.4 Å². The number of para-hydroxylation sites is 1. The molecule has 0 bridgehead atoms. The molecule has 0 fully saturated rings. The molecule has 0 saturated heterocycles. The van der Waals surface area contributed by atoms with Gasteiger partial charge in [0, 0.05) is 38.2 Å². The Balaban J connectivity index is 2.20. The van der Waals surface area contributed by atoms with Gasteiger partial charge in [0.25, 0.3) is 5.91 Å². The number of aryl methyl sites for hydroxylation is 1. The van der Waals surface area contributed by atoms with Crippen molar-refractivity contribution in [3.63, 3.8) is 0 Å². The molecular formula is C14H16N2O3. The number of rotatable bonds is 3. The van der Waals surface area contributed by atoms with Crippen LogP contribution in [0.4, 0.5) is 0 Å². The maximum atomic E-state index is 12.0. The molecule has 1 aromatic carbocycles. The Hall–Kier alpha value is -2.30. The second kappa shape index (κ2) is 5.14. The quantitative estimate of drug-likeness (QED) is 0.784. The first kappa shape index (κ1) is 13.1. The number of nitrogens with zero attached hydrogens (tertiary/aromatic N) is 2. The molecule has 0 spiro atoms. The molecule has 0 aliphatic heterocycles. The fraction of sp³-hybridized carbons (Fsp3) is 0.286. The average molecular weight is 260 g/mol. The molecule has 2 rings (SSSR count). The van der Waals surface area contributed by atoms with Gasteiger partial charge in [-0.15, -0.1) is 0 Å². The number of ether oxygens (including phenoxy) is 1. The summed E-state index contributed by atoms with van der Waals surface area (Å²) >= 11 is 0. The second-order valence-corrected chi connectivity index (χ2v) is 4.54. The number of aromatic nitrogens is 1. The van der Waals surface area contributed by atoms with Crippen LogP contribution in [0.3, 0.4) is 0 Å². The van der Waals surface area contributed by atoms with Crippen LogP contribution in [0, 0.1) is 0 Å². The number of amides is 1. The Bertz CT molecular complexity index is 629. The van der Waals surface area contributed by atoms with Crippen molar-refractivity contribution in [2.45, 2.75) is 0 Å². The van der Waals surface area contributed by atoms with Crippen LogP contribution in [0.25, 0.3) is 10.9 Å². The zero-order chi connectivity index (χ0) is 14.0. The first-order valence-electron chi connectivity index (χ1n) is 5.92. The Kier molecular flexibility index (Phi) is 3.55. The Morgan fingerprint density at radius 1 is 1.26 bits per heavy atom. The summed E-state index contributed by atoms with van der Waals surface area (Å²) in [4.78, 5) is 24.8. The highest BCUT2D eigenvalue weighted by Crippen LogP contribution is 2.20. The van der Waals surface area contributed by atoms with Crippen molar-refractivity contribution in [1.82, 2.24) is 9.47 Å². The van der Waals surface area contributed by atoms with Crippen molar-refractivity contribution in [2.75, 3.05) is 20.7 Å². The van der Waals surface area contributed by atoms with Gasteiger partial charge in [-0.05, 0) is 6.07 Å². The highest BCUT2D eigenvalue weighted by atomic mass is 16.5. The number of esters is 1. The molecule has 2 aromatic rings. The van der Waals surface area contributed by atoms with E-state index in [2.05, 4.69) is 0 Å². The average Bonchev–Trinajstić information content (AvgIpc) is 2.73. The second-order valence-electron chi connectivity index (χ2n) is 4.54. The fourth-order valence-electron chi connectivity index (χ4n) is 1.84. The summed E-state index contributed by atoms with van der Waals surface area (Å²) in [7, 11) is 5.10. The van der Waals surface area contributed by atoms with Crippen LogP contribution in [0.2, 0.25) is 0 Å². The molecule has 0 radical (unpaired) electrons. The summed E-state index contributed by atoms with van der Waals surface area (Å²) in [6, 6.07) is 7.56. The summed E-state index contributed by atoms with van der Waals surface area (Å²) in [5.41, 5.74) is 1.43. The molecule has 5 heteroatoms. The van der Waals surface area contributed by atoms with Gasteiger partial charge in [-0.2, -0.15) is 0 Å². The standard InChI is InChI=1S/C14H16N2O3/c1-15(2)13(17)9-19-14(18)11-8-16(3)12-7-5-4-6-10(11)12/h4-8H,9H2,1-3H3. The lowest BCUT2D eigenvalue weighted by Gasteiger charge is -2.09. The monoisotopic (exact) mass is 260 g/mol. The zero-order valence-corrected chi connectivity index (χ0v) is 11.2. The molecule has 0 unspecified atom stereocenters. The highest BCUT2D eigenvalue weighted by molar-refractivity contribution is 6.04. The zero-order valence-electron chi connectivity index (χ0n) is 11.2. The molecule has 0 atom stereocenters. The van der Waals surface area contributed by atoms with Gasteiger partial charge < -0.3 is 14.2 Å². The summed E-state index contributed by atoms with van der Waals surface area (Å²) in [5, 5.41) is 0.826. The minimum atomic E-state index is -0.480. The lowest BCUT2D eigenvalue weighted by Crippen LogP contribution is -2.27. The summed E-state index contributed by atoms with van der Waals surface area (Å²) < 4.78 is 6.89. The molecule has 100 valence electrons. The van der Waals surface area contributed by atoms with E-state index >= 15 is 0 Å². The summed E-state index contributed by atoms with van der Waals surface area (Å²) in [6.07, 6.45) is 1.72. The van der Waals surface area contributed by atoms with Gasteiger partial charge in [0.1, 0.15) is 0 Å².